The van der Waals surface area contributed by atoms with Crippen LogP contribution in [0.1, 0.15) is 12.5 Å². The Morgan fingerprint density at radius 1 is 1.13 bits per heavy atom. The number of allylic oxidation sites excluding steroid dienone is 1. The standard InChI is InChI=1S/C18H19BO4/c1-4-21-13(2)11-14-9-10-16(20-3)15(12-14)19-22-17-7-5-6-8-18(17)23-19/h5-10,12H,2,4,11H2,1,3H3. The molecule has 1 aliphatic rings. The van der Waals surface area contributed by atoms with Gasteiger partial charge in [-0.25, -0.2) is 0 Å². The van der Waals surface area contributed by atoms with Crippen molar-refractivity contribution < 1.29 is 18.8 Å². The van der Waals surface area contributed by atoms with Crippen molar-refractivity contribution >= 4 is 12.6 Å². The first kappa shape index (κ1) is 15.3. The zero-order valence-corrected chi connectivity index (χ0v) is 13.4. The van der Waals surface area contributed by atoms with Crippen LogP contribution in [0.5, 0.6) is 17.2 Å². The summed E-state index contributed by atoms with van der Waals surface area (Å²) in [7, 11) is 1.13. The third-order valence-corrected chi connectivity index (χ3v) is 3.61. The van der Waals surface area contributed by atoms with Gasteiger partial charge >= 0.3 is 7.12 Å². The van der Waals surface area contributed by atoms with Crippen LogP contribution in [-0.4, -0.2) is 20.8 Å². The van der Waals surface area contributed by atoms with Crippen LogP contribution < -0.4 is 19.5 Å². The highest BCUT2D eigenvalue weighted by Gasteiger charge is 2.36. The molecular formula is C18H19BO4. The second-order valence-electron chi connectivity index (χ2n) is 5.24. The molecule has 1 heterocycles. The van der Waals surface area contributed by atoms with Gasteiger partial charge in [-0.05, 0) is 30.7 Å². The van der Waals surface area contributed by atoms with E-state index in [2.05, 4.69) is 6.58 Å². The maximum absolute atomic E-state index is 5.89. The van der Waals surface area contributed by atoms with Crippen LogP contribution >= 0.6 is 0 Å². The van der Waals surface area contributed by atoms with Crippen molar-refractivity contribution in [1.29, 1.82) is 0 Å². The van der Waals surface area contributed by atoms with Crippen LogP contribution in [0.25, 0.3) is 0 Å². The number of methoxy groups -OCH3 is 1. The molecule has 0 aliphatic carbocycles. The minimum atomic E-state index is -0.511. The predicted molar refractivity (Wildman–Crippen MR) is 90.6 cm³/mol. The van der Waals surface area contributed by atoms with Crippen molar-refractivity contribution in [2.45, 2.75) is 13.3 Å². The Morgan fingerprint density at radius 3 is 2.43 bits per heavy atom. The Hall–Kier alpha value is -2.56. The van der Waals surface area contributed by atoms with Gasteiger partial charge in [-0.1, -0.05) is 30.8 Å². The first-order valence-electron chi connectivity index (χ1n) is 7.61. The Bertz CT molecular complexity index is 689. The molecule has 4 nitrogen and oxygen atoms in total. The van der Waals surface area contributed by atoms with E-state index >= 15 is 0 Å². The lowest BCUT2D eigenvalue weighted by molar-refractivity contribution is 0.225. The van der Waals surface area contributed by atoms with Crippen molar-refractivity contribution in [2.24, 2.45) is 0 Å². The zero-order chi connectivity index (χ0) is 16.2. The summed E-state index contributed by atoms with van der Waals surface area (Å²) in [5.41, 5.74) is 1.92. The Kier molecular flexibility index (Phi) is 4.46. The average Bonchev–Trinajstić information content (AvgIpc) is 2.99. The van der Waals surface area contributed by atoms with E-state index in [4.69, 9.17) is 18.8 Å². The predicted octanol–water partition coefficient (Wildman–Crippen LogP) is 2.95. The molecule has 3 rings (SSSR count). The Balaban J connectivity index is 1.85. The molecule has 0 radical (unpaired) electrons. The topological polar surface area (TPSA) is 36.9 Å². The third-order valence-electron chi connectivity index (χ3n) is 3.61. The van der Waals surface area contributed by atoms with Gasteiger partial charge in [0, 0.05) is 6.42 Å². The smallest absolute Gasteiger partial charge is 0.519 e. The normalized spacial score (nSPS) is 12.2. The van der Waals surface area contributed by atoms with Gasteiger partial charge in [-0.15, -0.1) is 0 Å². The third kappa shape index (κ3) is 3.28. The number of hydrogen-bond acceptors (Lipinski definition) is 4. The lowest BCUT2D eigenvalue weighted by Gasteiger charge is -2.13. The molecule has 5 heteroatoms. The fourth-order valence-electron chi connectivity index (χ4n) is 2.59. The highest BCUT2D eigenvalue weighted by Crippen LogP contribution is 2.33. The molecule has 118 valence electrons. The summed E-state index contributed by atoms with van der Waals surface area (Å²) in [4.78, 5) is 0. The van der Waals surface area contributed by atoms with Gasteiger partial charge in [-0.3, -0.25) is 0 Å². The van der Waals surface area contributed by atoms with Crippen LogP contribution in [0, 0.1) is 0 Å². The minimum Gasteiger partial charge on any atom is -0.519 e. The molecule has 0 atom stereocenters. The quantitative estimate of drug-likeness (QED) is 0.607. The lowest BCUT2D eigenvalue weighted by Crippen LogP contribution is -2.40. The molecule has 0 saturated heterocycles. The number of ether oxygens (including phenoxy) is 2. The van der Waals surface area contributed by atoms with Crippen molar-refractivity contribution in [3.05, 3.63) is 60.4 Å². The molecule has 0 saturated carbocycles. The summed E-state index contributed by atoms with van der Waals surface area (Å²) < 4.78 is 22.7. The van der Waals surface area contributed by atoms with Crippen molar-refractivity contribution in [2.75, 3.05) is 13.7 Å². The van der Waals surface area contributed by atoms with Gasteiger partial charge in [0.05, 0.1) is 24.9 Å². The van der Waals surface area contributed by atoms with E-state index in [0.29, 0.717) is 13.0 Å². The highest BCUT2D eigenvalue weighted by molar-refractivity contribution is 6.64. The van der Waals surface area contributed by atoms with Gasteiger partial charge in [0.15, 0.2) is 0 Å². The van der Waals surface area contributed by atoms with Crippen molar-refractivity contribution in [3.8, 4) is 17.2 Å². The number of benzene rings is 2. The molecule has 0 N–H and O–H groups in total. The molecule has 0 bridgehead atoms. The van der Waals surface area contributed by atoms with Crippen LogP contribution in [0.2, 0.25) is 0 Å². The van der Waals surface area contributed by atoms with E-state index in [-0.39, 0.29) is 0 Å². The van der Waals surface area contributed by atoms with Crippen LogP contribution in [0.4, 0.5) is 0 Å². The largest absolute Gasteiger partial charge is 0.636 e. The first-order valence-corrected chi connectivity index (χ1v) is 7.61. The van der Waals surface area contributed by atoms with E-state index in [1.165, 1.54) is 0 Å². The summed E-state index contributed by atoms with van der Waals surface area (Å²) in [6.07, 6.45) is 0.643. The van der Waals surface area contributed by atoms with Crippen molar-refractivity contribution in [1.82, 2.24) is 0 Å². The minimum absolute atomic E-state index is 0.511. The molecule has 1 aliphatic heterocycles. The van der Waals surface area contributed by atoms with E-state index in [0.717, 1.165) is 34.0 Å². The second-order valence-corrected chi connectivity index (χ2v) is 5.24. The van der Waals surface area contributed by atoms with Gasteiger partial charge < -0.3 is 18.8 Å². The van der Waals surface area contributed by atoms with Gasteiger partial charge in [0.1, 0.15) is 17.2 Å². The number of rotatable bonds is 6. The molecule has 0 unspecified atom stereocenters. The van der Waals surface area contributed by atoms with Gasteiger partial charge in [0.2, 0.25) is 0 Å². The summed E-state index contributed by atoms with van der Waals surface area (Å²) in [5, 5.41) is 0. The molecule has 2 aromatic rings. The fraction of sp³-hybridized carbons (Fsp3) is 0.222. The fourth-order valence-corrected chi connectivity index (χ4v) is 2.59. The summed E-state index contributed by atoms with van der Waals surface area (Å²) >= 11 is 0. The lowest BCUT2D eigenvalue weighted by atomic mass is 9.77. The summed E-state index contributed by atoms with van der Waals surface area (Å²) in [6.45, 7) is 6.49. The van der Waals surface area contributed by atoms with E-state index < -0.39 is 7.12 Å². The summed E-state index contributed by atoms with van der Waals surface area (Å²) in [6, 6.07) is 13.5. The van der Waals surface area contributed by atoms with E-state index in [1.54, 1.807) is 7.11 Å². The summed E-state index contributed by atoms with van der Waals surface area (Å²) in [5.74, 6) is 2.95. The first-order chi connectivity index (χ1) is 11.2. The van der Waals surface area contributed by atoms with Gasteiger partial charge in [0.25, 0.3) is 0 Å². The number of fused-ring (bicyclic) bond motifs is 1. The maximum Gasteiger partial charge on any atom is 0.636 e. The van der Waals surface area contributed by atoms with E-state index in [1.807, 2.05) is 49.4 Å². The Morgan fingerprint density at radius 2 is 1.83 bits per heavy atom. The van der Waals surface area contributed by atoms with Crippen LogP contribution in [0.15, 0.2) is 54.8 Å². The van der Waals surface area contributed by atoms with E-state index in [9.17, 15) is 0 Å². The second kappa shape index (κ2) is 6.69. The molecular weight excluding hydrogens is 291 g/mol. The monoisotopic (exact) mass is 310 g/mol. The average molecular weight is 310 g/mol. The number of para-hydroxylation sites is 2. The molecule has 0 aromatic heterocycles. The Labute approximate surface area is 136 Å². The highest BCUT2D eigenvalue weighted by atomic mass is 16.6. The van der Waals surface area contributed by atoms with Gasteiger partial charge in [-0.2, -0.15) is 0 Å². The SMILES string of the molecule is C=C(Cc1ccc(OC)c(B2Oc3ccccc3O2)c1)OCC. The van der Waals surface area contributed by atoms with Crippen LogP contribution in [-0.2, 0) is 11.2 Å². The maximum atomic E-state index is 5.89. The molecule has 23 heavy (non-hydrogen) atoms. The molecule has 0 spiro atoms. The molecule has 0 amide bonds. The molecule has 0 fully saturated rings. The molecule has 2 aromatic carbocycles. The number of hydrogen-bond donors (Lipinski definition) is 0. The zero-order valence-electron chi connectivity index (χ0n) is 13.4. The van der Waals surface area contributed by atoms with Crippen molar-refractivity contribution in [3.63, 3.8) is 0 Å². The van der Waals surface area contributed by atoms with Crippen LogP contribution in [0.3, 0.4) is 0 Å².